The highest BCUT2D eigenvalue weighted by Gasteiger charge is 2.15. The first-order valence-electron chi connectivity index (χ1n) is 3.81. The highest BCUT2D eigenvalue weighted by molar-refractivity contribution is 5.71. The van der Waals surface area contributed by atoms with Crippen LogP contribution in [-0.2, 0) is 4.79 Å². The molecule has 0 aliphatic rings. The summed E-state index contributed by atoms with van der Waals surface area (Å²) < 4.78 is 0.956. The van der Waals surface area contributed by atoms with Gasteiger partial charge in [0.1, 0.15) is 0 Å². The summed E-state index contributed by atoms with van der Waals surface area (Å²) in [6.45, 7) is 3.11. The van der Waals surface area contributed by atoms with Crippen LogP contribution in [-0.4, -0.2) is 20.9 Å². The van der Waals surface area contributed by atoms with Crippen molar-refractivity contribution in [2.45, 2.75) is 19.9 Å². The van der Waals surface area contributed by atoms with E-state index in [1.54, 1.807) is 13.0 Å². The van der Waals surface area contributed by atoms with E-state index in [9.17, 15) is 9.59 Å². The van der Waals surface area contributed by atoms with Crippen LogP contribution in [0.15, 0.2) is 16.9 Å². The maximum atomic E-state index is 11.2. The average Bonchev–Trinajstić information content (AvgIpc) is 2.08. The molecule has 0 unspecified atom stereocenters. The molecule has 0 bridgehead atoms. The molecule has 1 rings (SSSR count). The summed E-state index contributed by atoms with van der Waals surface area (Å²) in [4.78, 5) is 21.7. The molecule has 0 aromatic carbocycles. The predicted molar refractivity (Wildman–Crippen MR) is 45.6 cm³/mol. The lowest BCUT2D eigenvalue weighted by Crippen LogP contribution is -2.29. The Kier molecular flexibility index (Phi) is 2.46. The highest BCUT2D eigenvalue weighted by Crippen LogP contribution is 1.99. The van der Waals surface area contributed by atoms with Crippen molar-refractivity contribution in [1.82, 2.24) is 9.78 Å². The maximum absolute atomic E-state index is 11.2. The fraction of sp³-hybridized carbons (Fsp3) is 0.375. The number of carbonyl (C=O) groups is 1. The van der Waals surface area contributed by atoms with Crippen LogP contribution >= 0.6 is 0 Å². The van der Waals surface area contributed by atoms with Gasteiger partial charge in [-0.1, -0.05) is 0 Å². The maximum Gasteiger partial charge on any atom is 0.328 e. The van der Waals surface area contributed by atoms with Crippen LogP contribution in [0.3, 0.4) is 0 Å². The number of nitrogens with zero attached hydrogens (tertiary/aromatic N) is 2. The quantitative estimate of drug-likeness (QED) is 0.709. The van der Waals surface area contributed by atoms with E-state index >= 15 is 0 Å². The van der Waals surface area contributed by atoms with Gasteiger partial charge in [-0.3, -0.25) is 4.79 Å². The zero-order chi connectivity index (χ0) is 10.0. The van der Waals surface area contributed by atoms with Crippen LogP contribution in [0.1, 0.15) is 18.7 Å². The molecule has 0 aliphatic heterocycles. The third kappa shape index (κ3) is 1.93. The third-order valence-electron chi connectivity index (χ3n) is 1.68. The second kappa shape index (κ2) is 3.38. The Labute approximate surface area is 74.6 Å². The molecule has 5 heteroatoms. The fourth-order valence-electron chi connectivity index (χ4n) is 0.903. The van der Waals surface area contributed by atoms with Crippen LogP contribution in [0.5, 0.6) is 0 Å². The molecule has 1 aromatic rings. The second-order valence-corrected chi connectivity index (χ2v) is 2.77. The van der Waals surface area contributed by atoms with Crippen molar-refractivity contribution in [3.8, 4) is 0 Å². The van der Waals surface area contributed by atoms with Crippen LogP contribution < -0.4 is 5.56 Å². The normalized spacial score (nSPS) is 12.5. The molecule has 1 N–H and O–H groups in total. The number of aryl methyl sites for hydroxylation is 1. The molecule has 0 fully saturated rings. The molecule has 5 nitrogen and oxygen atoms in total. The monoisotopic (exact) mass is 182 g/mol. The molecule has 0 aliphatic carbocycles. The first-order valence-corrected chi connectivity index (χ1v) is 3.81. The standard InChI is InChI=1S/C8H10N2O3/c1-5-3-4-7(11)10(9-5)6(2)8(12)13/h3-4,6H,1-2H3,(H,12,13)/t6-/m0/s1. The van der Waals surface area contributed by atoms with E-state index in [2.05, 4.69) is 5.10 Å². The predicted octanol–water partition coefficient (Wildman–Crippen LogP) is 0.197. The Morgan fingerprint density at radius 3 is 2.77 bits per heavy atom. The minimum Gasteiger partial charge on any atom is -0.480 e. The van der Waals surface area contributed by atoms with Gasteiger partial charge in [-0.25, -0.2) is 9.48 Å². The molecule has 0 radical (unpaired) electrons. The van der Waals surface area contributed by atoms with Gasteiger partial charge < -0.3 is 5.11 Å². The third-order valence-corrected chi connectivity index (χ3v) is 1.68. The van der Waals surface area contributed by atoms with Gasteiger partial charge in [0.25, 0.3) is 5.56 Å². The zero-order valence-electron chi connectivity index (χ0n) is 7.39. The zero-order valence-corrected chi connectivity index (χ0v) is 7.39. The molecule has 1 aromatic heterocycles. The number of aromatic nitrogens is 2. The smallest absolute Gasteiger partial charge is 0.328 e. The van der Waals surface area contributed by atoms with E-state index in [4.69, 9.17) is 5.11 Å². The minimum absolute atomic E-state index is 0.402. The lowest BCUT2D eigenvalue weighted by atomic mass is 10.3. The minimum atomic E-state index is -1.07. The van der Waals surface area contributed by atoms with Crippen molar-refractivity contribution in [2.24, 2.45) is 0 Å². The SMILES string of the molecule is Cc1ccc(=O)n([C@@H](C)C(=O)O)n1. The van der Waals surface area contributed by atoms with E-state index in [0.29, 0.717) is 5.69 Å². The Balaban J connectivity index is 3.21. The molecular formula is C8H10N2O3. The number of hydrogen-bond donors (Lipinski definition) is 1. The first-order chi connectivity index (χ1) is 6.02. The number of carboxylic acids is 1. The molecule has 0 saturated heterocycles. The number of aliphatic carboxylic acids is 1. The summed E-state index contributed by atoms with van der Waals surface area (Å²) in [6, 6.07) is 1.93. The topological polar surface area (TPSA) is 72.2 Å². The van der Waals surface area contributed by atoms with Gasteiger partial charge in [-0.2, -0.15) is 5.10 Å². The van der Waals surface area contributed by atoms with Crippen LogP contribution in [0.4, 0.5) is 0 Å². The average molecular weight is 182 g/mol. The lowest BCUT2D eigenvalue weighted by molar-refractivity contribution is -0.140. The van der Waals surface area contributed by atoms with Gasteiger partial charge >= 0.3 is 5.97 Å². The molecule has 70 valence electrons. The van der Waals surface area contributed by atoms with Gasteiger partial charge in [0.15, 0.2) is 6.04 Å². The second-order valence-electron chi connectivity index (χ2n) is 2.77. The number of carboxylic acid groups (broad SMARTS) is 1. The largest absolute Gasteiger partial charge is 0.480 e. The van der Waals surface area contributed by atoms with Crippen LogP contribution in [0, 0.1) is 6.92 Å². The fourth-order valence-corrected chi connectivity index (χ4v) is 0.903. The van der Waals surface area contributed by atoms with Gasteiger partial charge in [-0.15, -0.1) is 0 Å². The van der Waals surface area contributed by atoms with Crippen molar-refractivity contribution in [3.63, 3.8) is 0 Å². The molecule has 1 heterocycles. The molecule has 0 amide bonds. The van der Waals surface area contributed by atoms with Gasteiger partial charge in [-0.05, 0) is 19.9 Å². The Morgan fingerprint density at radius 2 is 2.23 bits per heavy atom. The first kappa shape index (κ1) is 9.44. The van der Waals surface area contributed by atoms with E-state index < -0.39 is 17.6 Å². The lowest BCUT2D eigenvalue weighted by Gasteiger charge is -2.08. The van der Waals surface area contributed by atoms with Crippen molar-refractivity contribution in [2.75, 3.05) is 0 Å². The van der Waals surface area contributed by atoms with E-state index in [0.717, 1.165) is 4.68 Å². The van der Waals surface area contributed by atoms with Crippen molar-refractivity contribution >= 4 is 5.97 Å². The molecule has 1 atom stereocenters. The Hall–Kier alpha value is -1.65. The molecular weight excluding hydrogens is 172 g/mol. The van der Waals surface area contributed by atoms with Gasteiger partial charge in [0, 0.05) is 6.07 Å². The van der Waals surface area contributed by atoms with Crippen LogP contribution in [0.2, 0.25) is 0 Å². The molecule has 0 spiro atoms. The summed E-state index contributed by atoms with van der Waals surface area (Å²) in [7, 11) is 0. The summed E-state index contributed by atoms with van der Waals surface area (Å²) in [5.41, 5.74) is 0.216. The summed E-state index contributed by atoms with van der Waals surface area (Å²) in [6.07, 6.45) is 0. The highest BCUT2D eigenvalue weighted by atomic mass is 16.4. The summed E-state index contributed by atoms with van der Waals surface area (Å²) >= 11 is 0. The van der Waals surface area contributed by atoms with Crippen molar-refractivity contribution < 1.29 is 9.90 Å². The Morgan fingerprint density at radius 1 is 1.62 bits per heavy atom. The van der Waals surface area contributed by atoms with Gasteiger partial charge in [0.05, 0.1) is 5.69 Å². The summed E-state index contributed by atoms with van der Waals surface area (Å²) in [5, 5.41) is 12.5. The van der Waals surface area contributed by atoms with Crippen molar-refractivity contribution in [3.05, 3.63) is 28.2 Å². The van der Waals surface area contributed by atoms with E-state index in [1.165, 1.54) is 13.0 Å². The van der Waals surface area contributed by atoms with E-state index in [1.807, 2.05) is 0 Å². The van der Waals surface area contributed by atoms with Gasteiger partial charge in [0.2, 0.25) is 0 Å². The molecule has 13 heavy (non-hydrogen) atoms. The number of rotatable bonds is 2. The summed E-state index contributed by atoms with van der Waals surface area (Å²) in [5.74, 6) is -1.07. The molecule has 0 saturated carbocycles. The van der Waals surface area contributed by atoms with E-state index in [-0.39, 0.29) is 0 Å². The van der Waals surface area contributed by atoms with Crippen molar-refractivity contribution in [1.29, 1.82) is 0 Å². The van der Waals surface area contributed by atoms with Crippen LogP contribution in [0.25, 0.3) is 0 Å². The number of hydrogen-bond acceptors (Lipinski definition) is 3. The Bertz CT molecular complexity index is 383.